The maximum absolute atomic E-state index is 5.85. The summed E-state index contributed by atoms with van der Waals surface area (Å²) >= 11 is 0. The van der Waals surface area contributed by atoms with E-state index >= 15 is 0 Å². The zero-order valence-electron chi connectivity index (χ0n) is 13.2. The topological polar surface area (TPSA) is 61.2 Å². The maximum atomic E-state index is 5.85. The molecule has 3 heterocycles. The third kappa shape index (κ3) is 2.94. The van der Waals surface area contributed by atoms with Crippen molar-refractivity contribution in [1.29, 1.82) is 0 Å². The second-order valence-corrected chi connectivity index (χ2v) is 5.97. The second-order valence-electron chi connectivity index (χ2n) is 5.97. The van der Waals surface area contributed by atoms with E-state index in [1.165, 1.54) is 5.57 Å². The Kier molecular flexibility index (Phi) is 3.75. The Bertz CT molecular complexity index is 738. The van der Waals surface area contributed by atoms with Gasteiger partial charge in [-0.15, -0.1) is 0 Å². The fourth-order valence-corrected chi connectivity index (χ4v) is 3.10. The van der Waals surface area contributed by atoms with Gasteiger partial charge in [0.15, 0.2) is 0 Å². The number of ether oxygens (including phenoxy) is 2. The third-order valence-corrected chi connectivity index (χ3v) is 4.42. The minimum Gasteiger partial charge on any atom is -0.497 e. The number of hydrogen-bond acceptors (Lipinski definition) is 5. The lowest BCUT2D eigenvalue weighted by molar-refractivity contribution is 0.327. The second kappa shape index (κ2) is 6.04. The Morgan fingerprint density at radius 2 is 2.39 bits per heavy atom. The number of rotatable bonds is 4. The molecule has 4 rings (SSSR count). The molecule has 1 N–H and O–H groups in total. The molecule has 6 heteroatoms. The SMILES string of the molecule is COc1ccc2c(c1)OCC(CN[C@@H]1CCc3ncnn3C1)=C2. The lowest BCUT2D eigenvalue weighted by atomic mass is 10.0. The normalized spacial score (nSPS) is 19.3. The van der Waals surface area contributed by atoms with Gasteiger partial charge in [-0.2, -0.15) is 5.10 Å². The summed E-state index contributed by atoms with van der Waals surface area (Å²) in [4.78, 5) is 4.26. The number of nitrogens with zero attached hydrogens (tertiary/aromatic N) is 3. The van der Waals surface area contributed by atoms with Crippen LogP contribution in [0.5, 0.6) is 11.5 Å². The van der Waals surface area contributed by atoms with Gasteiger partial charge in [0.1, 0.15) is 30.3 Å². The van der Waals surface area contributed by atoms with Crippen LogP contribution in [0.1, 0.15) is 17.8 Å². The summed E-state index contributed by atoms with van der Waals surface area (Å²) in [5.41, 5.74) is 2.36. The van der Waals surface area contributed by atoms with Gasteiger partial charge >= 0.3 is 0 Å². The van der Waals surface area contributed by atoms with Gasteiger partial charge in [0.2, 0.25) is 0 Å². The van der Waals surface area contributed by atoms with Gasteiger partial charge in [0, 0.05) is 30.6 Å². The molecule has 2 aromatic rings. The van der Waals surface area contributed by atoms with E-state index in [-0.39, 0.29) is 0 Å². The van der Waals surface area contributed by atoms with Gasteiger partial charge in [-0.3, -0.25) is 0 Å². The minimum absolute atomic E-state index is 0.433. The van der Waals surface area contributed by atoms with E-state index in [0.717, 1.165) is 48.8 Å². The molecule has 2 aliphatic rings. The fraction of sp³-hybridized carbons (Fsp3) is 0.412. The molecule has 0 amide bonds. The van der Waals surface area contributed by atoms with Crippen LogP contribution in [-0.4, -0.2) is 41.1 Å². The summed E-state index contributed by atoms with van der Waals surface area (Å²) in [6, 6.07) is 6.36. The summed E-state index contributed by atoms with van der Waals surface area (Å²) in [6.45, 7) is 2.34. The molecular formula is C17H20N4O2. The molecule has 23 heavy (non-hydrogen) atoms. The molecule has 6 nitrogen and oxygen atoms in total. The standard InChI is InChI=1S/C17H20N4O2/c1-22-15-4-2-13-6-12(10-23-16(13)7-15)8-18-14-3-5-17-19-11-20-21(17)9-14/h2,4,6-7,11,14,18H,3,5,8-10H2,1H3/t14-/m1/s1. The van der Waals surface area contributed by atoms with Crippen molar-refractivity contribution in [1.82, 2.24) is 20.1 Å². The minimum atomic E-state index is 0.433. The quantitative estimate of drug-likeness (QED) is 0.930. The van der Waals surface area contributed by atoms with Crippen LogP contribution in [0.3, 0.4) is 0 Å². The molecule has 0 unspecified atom stereocenters. The average Bonchev–Trinajstić information content (AvgIpc) is 3.07. The van der Waals surface area contributed by atoms with E-state index in [1.807, 2.05) is 22.9 Å². The number of nitrogens with one attached hydrogen (secondary N) is 1. The van der Waals surface area contributed by atoms with E-state index in [1.54, 1.807) is 13.4 Å². The number of hydrogen-bond donors (Lipinski definition) is 1. The molecule has 0 aliphatic carbocycles. The van der Waals surface area contributed by atoms with Crippen molar-refractivity contribution in [2.75, 3.05) is 20.3 Å². The molecule has 120 valence electrons. The van der Waals surface area contributed by atoms with E-state index in [0.29, 0.717) is 12.6 Å². The van der Waals surface area contributed by atoms with Crippen LogP contribution in [0.15, 0.2) is 30.1 Å². The summed E-state index contributed by atoms with van der Waals surface area (Å²) in [7, 11) is 1.67. The highest BCUT2D eigenvalue weighted by Gasteiger charge is 2.20. The highest BCUT2D eigenvalue weighted by atomic mass is 16.5. The number of fused-ring (bicyclic) bond motifs is 2. The smallest absolute Gasteiger partial charge is 0.138 e. The Morgan fingerprint density at radius 1 is 1.43 bits per heavy atom. The first-order valence-electron chi connectivity index (χ1n) is 7.92. The van der Waals surface area contributed by atoms with E-state index in [4.69, 9.17) is 9.47 Å². The van der Waals surface area contributed by atoms with Gasteiger partial charge < -0.3 is 14.8 Å². The summed E-state index contributed by atoms with van der Waals surface area (Å²) < 4.78 is 13.1. The highest BCUT2D eigenvalue weighted by Crippen LogP contribution is 2.30. The highest BCUT2D eigenvalue weighted by molar-refractivity contribution is 5.63. The molecule has 1 atom stereocenters. The van der Waals surface area contributed by atoms with Gasteiger partial charge in [-0.1, -0.05) is 0 Å². The summed E-state index contributed by atoms with van der Waals surface area (Å²) in [5.74, 6) is 2.80. The van der Waals surface area contributed by atoms with Crippen LogP contribution >= 0.6 is 0 Å². The number of benzene rings is 1. The van der Waals surface area contributed by atoms with Crippen LogP contribution in [0.4, 0.5) is 0 Å². The zero-order valence-corrected chi connectivity index (χ0v) is 13.2. The molecule has 0 bridgehead atoms. The molecule has 0 radical (unpaired) electrons. The Balaban J connectivity index is 1.39. The Labute approximate surface area is 135 Å². The number of aromatic nitrogens is 3. The van der Waals surface area contributed by atoms with Crippen molar-refractivity contribution in [3.63, 3.8) is 0 Å². The van der Waals surface area contributed by atoms with Crippen molar-refractivity contribution in [3.8, 4) is 11.5 Å². The molecular weight excluding hydrogens is 292 g/mol. The van der Waals surface area contributed by atoms with E-state index < -0.39 is 0 Å². The van der Waals surface area contributed by atoms with Crippen LogP contribution in [0.25, 0.3) is 6.08 Å². The van der Waals surface area contributed by atoms with E-state index in [9.17, 15) is 0 Å². The molecule has 0 saturated heterocycles. The number of methoxy groups -OCH3 is 1. The van der Waals surface area contributed by atoms with E-state index in [2.05, 4.69) is 21.5 Å². The monoisotopic (exact) mass is 312 g/mol. The van der Waals surface area contributed by atoms with Crippen LogP contribution in [-0.2, 0) is 13.0 Å². The third-order valence-electron chi connectivity index (χ3n) is 4.42. The Hall–Kier alpha value is -2.34. The molecule has 0 saturated carbocycles. The van der Waals surface area contributed by atoms with Crippen molar-refractivity contribution < 1.29 is 9.47 Å². The van der Waals surface area contributed by atoms with Crippen molar-refractivity contribution in [2.45, 2.75) is 25.4 Å². The van der Waals surface area contributed by atoms with Crippen LogP contribution < -0.4 is 14.8 Å². The maximum Gasteiger partial charge on any atom is 0.138 e. The van der Waals surface area contributed by atoms with Crippen molar-refractivity contribution in [3.05, 3.63) is 41.5 Å². The molecule has 1 aromatic heterocycles. The molecule has 2 aliphatic heterocycles. The predicted octanol–water partition coefficient (Wildman–Crippen LogP) is 1.67. The molecule has 0 spiro atoms. The lowest BCUT2D eigenvalue weighted by Gasteiger charge is -2.25. The first-order chi connectivity index (χ1) is 11.3. The van der Waals surface area contributed by atoms with Crippen LogP contribution in [0.2, 0.25) is 0 Å². The molecule has 1 aromatic carbocycles. The van der Waals surface area contributed by atoms with Gasteiger partial charge in [-0.05, 0) is 30.2 Å². The lowest BCUT2D eigenvalue weighted by Crippen LogP contribution is -2.39. The molecule has 0 fully saturated rings. The van der Waals surface area contributed by atoms with Crippen molar-refractivity contribution >= 4 is 6.08 Å². The van der Waals surface area contributed by atoms with Gasteiger partial charge in [0.25, 0.3) is 0 Å². The van der Waals surface area contributed by atoms with Crippen molar-refractivity contribution in [2.24, 2.45) is 0 Å². The van der Waals surface area contributed by atoms with Gasteiger partial charge in [-0.25, -0.2) is 9.67 Å². The predicted molar refractivity (Wildman–Crippen MR) is 86.6 cm³/mol. The Morgan fingerprint density at radius 3 is 3.30 bits per heavy atom. The van der Waals surface area contributed by atoms with Gasteiger partial charge in [0.05, 0.1) is 13.7 Å². The summed E-state index contributed by atoms with van der Waals surface area (Å²) in [5, 5.41) is 7.88. The number of aryl methyl sites for hydroxylation is 1. The average molecular weight is 312 g/mol. The summed E-state index contributed by atoms with van der Waals surface area (Å²) in [6.07, 6.45) is 5.92. The first kappa shape index (κ1) is 14.3. The zero-order chi connectivity index (χ0) is 15.6. The first-order valence-corrected chi connectivity index (χ1v) is 7.92. The largest absolute Gasteiger partial charge is 0.497 e. The van der Waals surface area contributed by atoms with Crippen LogP contribution in [0, 0.1) is 0 Å². The fourth-order valence-electron chi connectivity index (χ4n) is 3.10.